The van der Waals surface area contributed by atoms with E-state index in [1.807, 2.05) is 6.07 Å². The van der Waals surface area contributed by atoms with Crippen LogP contribution in [0.15, 0.2) is 78.9 Å². The molecule has 0 saturated carbocycles. The molecule has 0 atom stereocenters. The van der Waals surface area contributed by atoms with E-state index >= 15 is 0 Å². The number of halogens is 1. The zero-order valence-corrected chi connectivity index (χ0v) is 16.8. The van der Waals surface area contributed by atoms with E-state index in [1.165, 1.54) is 6.07 Å². The van der Waals surface area contributed by atoms with Crippen molar-refractivity contribution >= 4 is 11.9 Å². The fourth-order valence-electron chi connectivity index (χ4n) is 2.74. The number of benzene rings is 3. The minimum Gasteiger partial charge on any atom is -0.427 e. The van der Waals surface area contributed by atoms with E-state index in [9.17, 15) is 14.0 Å². The first-order chi connectivity index (χ1) is 14.4. The molecule has 3 aromatic carbocycles. The normalized spacial score (nSPS) is 10.4. The van der Waals surface area contributed by atoms with Crippen molar-refractivity contribution in [1.29, 1.82) is 0 Å². The van der Waals surface area contributed by atoms with Gasteiger partial charge in [0.2, 0.25) is 0 Å². The molecule has 0 aliphatic heterocycles. The summed E-state index contributed by atoms with van der Waals surface area (Å²) in [7, 11) is 0. The van der Waals surface area contributed by atoms with E-state index in [0.29, 0.717) is 40.2 Å². The molecule has 0 aliphatic rings. The summed E-state index contributed by atoms with van der Waals surface area (Å²) in [5, 5.41) is 0. The van der Waals surface area contributed by atoms with Gasteiger partial charge in [-0.15, -0.1) is 0 Å². The standard InChI is InChI=1S/C25H21FO4/c1-4-24(27)29-20-10-5-17(6-11-20)19-9-14-22(23(26)15-19)18-7-12-21(13-8-18)30-25(28)16(2)3/h5-15H,2,4H2,1,3H3. The molecule has 152 valence electrons. The minimum absolute atomic E-state index is 0.297. The van der Waals surface area contributed by atoms with Crippen LogP contribution in [0.1, 0.15) is 20.3 Å². The van der Waals surface area contributed by atoms with Crippen LogP contribution in [0.25, 0.3) is 22.3 Å². The lowest BCUT2D eigenvalue weighted by molar-refractivity contribution is -0.134. The van der Waals surface area contributed by atoms with Gasteiger partial charge in [-0.2, -0.15) is 0 Å². The second kappa shape index (κ2) is 9.18. The molecule has 0 bridgehead atoms. The maximum atomic E-state index is 14.8. The highest BCUT2D eigenvalue weighted by Crippen LogP contribution is 2.30. The summed E-state index contributed by atoms with van der Waals surface area (Å²) < 4.78 is 25.1. The van der Waals surface area contributed by atoms with Crippen LogP contribution in [0, 0.1) is 5.82 Å². The zero-order valence-electron chi connectivity index (χ0n) is 16.8. The summed E-state index contributed by atoms with van der Waals surface area (Å²) in [6.07, 6.45) is 0.297. The van der Waals surface area contributed by atoms with Gasteiger partial charge < -0.3 is 9.47 Å². The Hall–Kier alpha value is -3.73. The minimum atomic E-state index is -0.506. The van der Waals surface area contributed by atoms with Crippen LogP contribution < -0.4 is 9.47 Å². The van der Waals surface area contributed by atoms with Gasteiger partial charge in [-0.25, -0.2) is 9.18 Å². The Labute approximate surface area is 174 Å². The monoisotopic (exact) mass is 404 g/mol. The van der Waals surface area contributed by atoms with Crippen LogP contribution in [0.3, 0.4) is 0 Å². The average Bonchev–Trinajstić information content (AvgIpc) is 2.74. The SMILES string of the molecule is C=C(C)C(=O)Oc1ccc(-c2ccc(-c3ccc(OC(=O)CC)cc3)cc2F)cc1. The average molecular weight is 404 g/mol. The van der Waals surface area contributed by atoms with E-state index in [4.69, 9.17) is 9.47 Å². The largest absolute Gasteiger partial charge is 0.427 e. The summed E-state index contributed by atoms with van der Waals surface area (Å²) in [6, 6.07) is 18.5. The third-order valence-electron chi connectivity index (χ3n) is 4.40. The molecule has 0 aromatic heterocycles. The van der Waals surface area contributed by atoms with Gasteiger partial charge in [-0.3, -0.25) is 4.79 Å². The Morgan fingerprint density at radius 2 is 1.37 bits per heavy atom. The van der Waals surface area contributed by atoms with Crippen LogP contribution in [-0.4, -0.2) is 11.9 Å². The molecule has 3 rings (SSSR count). The second-order valence-electron chi connectivity index (χ2n) is 6.74. The van der Waals surface area contributed by atoms with E-state index < -0.39 is 5.97 Å². The smallest absolute Gasteiger partial charge is 0.338 e. The van der Waals surface area contributed by atoms with E-state index in [0.717, 1.165) is 5.56 Å². The summed E-state index contributed by atoms with van der Waals surface area (Å²) in [4.78, 5) is 22.9. The van der Waals surface area contributed by atoms with Crippen LogP contribution in [-0.2, 0) is 9.59 Å². The molecule has 0 unspecified atom stereocenters. The zero-order chi connectivity index (χ0) is 21.7. The van der Waals surface area contributed by atoms with Gasteiger partial charge in [0.05, 0.1) is 0 Å². The number of hydrogen-bond donors (Lipinski definition) is 0. The van der Waals surface area contributed by atoms with Crippen molar-refractivity contribution in [3.8, 4) is 33.8 Å². The number of rotatable bonds is 6. The molecular weight excluding hydrogens is 383 g/mol. The number of hydrogen-bond acceptors (Lipinski definition) is 4. The van der Waals surface area contributed by atoms with E-state index in [1.54, 1.807) is 68.4 Å². The fraction of sp³-hybridized carbons (Fsp3) is 0.120. The third-order valence-corrected chi connectivity index (χ3v) is 4.40. The highest BCUT2D eigenvalue weighted by molar-refractivity contribution is 5.88. The van der Waals surface area contributed by atoms with Gasteiger partial charge in [0, 0.05) is 17.6 Å². The van der Waals surface area contributed by atoms with Gasteiger partial charge in [0.1, 0.15) is 17.3 Å². The number of ether oxygens (including phenoxy) is 2. The Balaban J connectivity index is 1.77. The summed E-state index contributed by atoms with van der Waals surface area (Å²) >= 11 is 0. The van der Waals surface area contributed by atoms with Crippen LogP contribution in [0.4, 0.5) is 4.39 Å². The first kappa shape index (κ1) is 21.0. The van der Waals surface area contributed by atoms with Gasteiger partial charge in [-0.05, 0) is 53.9 Å². The molecule has 0 heterocycles. The van der Waals surface area contributed by atoms with Crippen molar-refractivity contribution in [2.75, 3.05) is 0 Å². The lowest BCUT2D eigenvalue weighted by Crippen LogP contribution is -2.07. The lowest BCUT2D eigenvalue weighted by atomic mass is 9.99. The summed E-state index contributed by atoms with van der Waals surface area (Å²) in [5.74, 6) is -0.365. The Morgan fingerprint density at radius 3 is 1.90 bits per heavy atom. The molecule has 0 spiro atoms. The molecule has 0 saturated heterocycles. The van der Waals surface area contributed by atoms with Crippen molar-refractivity contribution in [3.05, 3.63) is 84.7 Å². The molecule has 0 radical (unpaired) electrons. The topological polar surface area (TPSA) is 52.6 Å². The Morgan fingerprint density at radius 1 is 0.833 bits per heavy atom. The van der Waals surface area contributed by atoms with Crippen molar-refractivity contribution < 1.29 is 23.5 Å². The number of carbonyl (C=O) groups is 2. The molecule has 0 amide bonds. The number of esters is 2. The van der Waals surface area contributed by atoms with Gasteiger partial charge >= 0.3 is 11.9 Å². The van der Waals surface area contributed by atoms with Crippen molar-refractivity contribution in [3.63, 3.8) is 0 Å². The first-order valence-electron chi connectivity index (χ1n) is 9.46. The van der Waals surface area contributed by atoms with Crippen LogP contribution >= 0.6 is 0 Å². The molecule has 0 aliphatic carbocycles. The lowest BCUT2D eigenvalue weighted by Gasteiger charge is -2.09. The van der Waals surface area contributed by atoms with Crippen LogP contribution in [0.5, 0.6) is 11.5 Å². The molecule has 4 nitrogen and oxygen atoms in total. The molecule has 5 heteroatoms. The predicted molar refractivity (Wildman–Crippen MR) is 114 cm³/mol. The Kier molecular flexibility index (Phi) is 6.42. The number of carbonyl (C=O) groups excluding carboxylic acids is 2. The molecular formula is C25H21FO4. The maximum Gasteiger partial charge on any atom is 0.338 e. The summed E-state index contributed by atoms with van der Waals surface area (Å²) in [5.41, 5.74) is 2.91. The molecule has 30 heavy (non-hydrogen) atoms. The molecule has 3 aromatic rings. The third kappa shape index (κ3) is 5.00. The van der Waals surface area contributed by atoms with Crippen molar-refractivity contribution in [2.24, 2.45) is 0 Å². The van der Waals surface area contributed by atoms with Gasteiger partial charge in [-0.1, -0.05) is 49.9 Å². The maximum absolute atomic E-state index is 14.8. The second-order valence-corrected chi connectivity index (χ2v) is 6.74. The van der Waals surface area contributed by atoms with E-state index in [-0.39, 0.29) is 11.8 Å². The van der Waals surface area contributed by atoms with Gasteiger partial charge in [0.25, 0.3) is 0 Å². The molecule has 0 fully saturated rings. The van der Waals surface area contributed by atoms with Crippen molar-refractivity contribution in [2.45, 2.75) is 20.3 Å². The van der Waals surface area contributed by atoms with Crippen LogP contribution in [0.2, 0.25) is 0 Å². The fourth-order valence-corrected chi connectivity index (χ4v) is 2.74. The quantitative estimate of drug-likeness (QED) is 0.289. The van der Waals surface area contributed by atoms with Gasteiger partial charge in [0.15, 0.2) is 0 Å². The van der Waals surface area contributed by atoms with E-state index in [2.05, 4.69) is 6.58 Å². The summed E-state index contributed by atoms with van der Waals surface area (Å²) in [6.45, 7) is 6.83. The Bertz CT molecular complexity index is 1080. The highest BCUT2D eigenvalue weighted by atomic mass is 19.1. The van der Waals surface area contributed by atoms with Crippen molar-refractivity contribution in [1.82, 2.24) is 0 Å². The molecule has 0 N–H and O–H groups in total. The highest BCUT2D eigenvalue weighted by Gasteiger charge is 2.10. The predicted octanol–water partition coefficient (Wildman–Crippen LogP) is 5.96. The first-order valence-corrected chi connectivity index (χ1v) is 9.46.